The fourth-order valence-electron chi connectivity index (χ4n) is 4.69. The molecule has 2 unspecified atom stereocenters. The lowest BCUT2D eigenvalue weighted by molar-refractivity contribution is 0.205. The van der Waals surface area contributed by atoms with Crippen molar-refractivity contribution in [3.8, 4) is 0 Å². The number of hydrogen-bond acceptors (Lipinski definition) is 2. The summed E-state index contributed by atoms with van der Waals surface area (Å²) in [6.45, 7) is 16.9. The monoisotopic (exact) mass is 408 g/mol. The Morgan fingerprint density at radius 3 is 1.77 bits per heavy atom. The maximum Gasteiger partial charge on any atom is 0.0351 e. The topological polar surface area (TPSA) is 6.48 Å². The summed E-state index contributed by atoms with van der Waals surface area (Å²) in [4.78, 5) is 5.17. The van der Waals surface area contributed by atoms with Crippen molar-refractivity contribution < 1.29 is 0 Å². The van der Waals surface area contributed by atoms with Gasteiger partial charge in [0.05, 0.1) is 0 Å². The van der Waals surface area contributed by atoms with E-state index in [4.69, 9.17) is 0 Å². The summed E-state index contributed by atoms with van der Waals surface area (Å²) in [7, 11) is 0. The van der Waals surface area contributed by atoms with E-state index in [-0.39, 0.29) is 0 Å². The number of benzene rings is 2. The summed E-state index contributed by atoms with van der Waals surface area (Å²) < 4.78 is 0. The average Bonchev–Trinajstić information content (AvgIpc) is 3.47. The molecule has 166 valence electrons. The summed E-state index contributed by atoms with van der Waals surface area (Å²) >= 11 is 0. The third kappa shape index (κ3) is 6.96. The average molecular weight is 409 g/mol. The molecule has 2 saturated heterocycles. The number of hydrogen-bond donors (Lipinski definition) is 0. The molecule has 0 amide bonds. The number of likely N-dealkylation sites (tertiary alicyclic amines) is 2. The molecule has 2 heteroatoms. The van der Waals surface area contributed by atoms with Gasteiger partial charge in [0.15, 0.2) is 0 Å². The van der Waals surface area contributed by atoms with Gasteiger partial charge >= 0.3 is 0 Å². The first kappa shape index (κ1) is 24.6. The van der Waals surface area contributed by atoms with Crippen LogP contribution in [0.25, 0.3) is 0 Å². The van der Waals surface area contributed by atoms with Gasteiger partial charge in [-0.1, -0.05) is 74.5 Å². The van der Waals surface area contributed by atoms with Crippen molar-refractivity contribution in [2.24, 2.45) is 0 Å². The molecule has 0 N–H and O–H groups in total. The molecule has 2 heterocycles. The third-order valence-electron chi connectivity index (χ3n) is 6.36. The number of nitrogens with zero attached hydrogens (tertiary/aromatic N) is 2. The SMILES string of the molecule is CC.CC(C)N1CCC(c2ccccc2)C1.CC(C)N1CCCC1c1ccccc1. The molecule has 2 aromatic carbocycles. The molecule has 2 fully saturated rings. The molecule has 0 radical (unpaired) electrons. The zero-order chi connectivity index (χ0) is 21.9. The second kappa shape index (κ2) is 12.9. The Morgan fingerprint density at radius 2 is 1.27 bits per heavy atom. The first-order valence-corrected chi connectivity index (χ1v) is 12.2. The molecule has 0 aliphatic carbocycles. The molecule has 2 atom stereocenters. The van der Waals surface area contributed by atoms with Crippen molar-refractivity contribution in [1.82, 2.24) is 9.80 Å². The molecule has 2 aliphatic heterocycles. The first-order valence-electron chi connectivity index (χ1n) is 12.2. The largest absolute Gasteiger partial charge is 0.300 e. The summed E-state index contributed by atoms with van der Waals surface area (Å²) in [5.74, 6) is 0.763. The van der Waals surface area contributed by atoms with Gasteiger partial charge < -0.3 is 4.90 Å². The van der Waals surface area contributed by atoms with E-state index in [0.29, 0.717) is 18.1 Å². The van der Waals surface area contributed by atoms with Crippen LogP contribution in [0.4, 0.5) is 0 Å². The Balaban J connectivity index is 0.000000197. The quantitative estimate of drug-likeness (QED) is 0.530. The Bertz CT molecular complexity index is 680. The highest BCUT2D eigenvalue weighted by Gasteiger charge is 2.27. The van der Waals surface area contributed by atoms with Gasteiger partial charge in [0.2, 0.25) is 0 Å². The van der Waals surface area contributed by atoms with Crippen LogP contribution in [-0.2, 0) is 0 Å². The molecule has 2 aliphatic rings. The Labute approximate surface area is 186 Å². The van der Waals surface area contributed by atoms with Gasteiger partial charge in [0.25, 0.3) is 0 Å². The van der Waals surface area contributed by atoms with Crippen molar-refractivity contribution in [3.05, 3.63) is 71.8 Å². The van der Waals surface area contributed by atoms with Gasteiger partial charge in [-0.2, -0.15) is 0 Å². The van der Waals surface area contributed by atoms with Crippen molar-refractivity contribution in [3.63, 3.8) is 0 Å². The van der Waals surface area contributed by atoms with Crippen LogP contribution in [0.15, 0.2) is 60.7 Å². The zero-order valence-electron chi connectivity index (χ0n) is 20.2. The minimum Gasteiger partial charge on any atom is -0.300 e. The maximum absolute atomic E-state index is 2.61. The van der Waals surface area contributed by atoms with E-state index in [1.165, 1.54) is 50.0 Å². The standard InChI is InChI=1S/2C13H19N.C2H6/c1-11(2)14-10-6-9-13(14)12-7-4-3-5-8-12;1-11(2)14-9-8-13(10-14)12-6-4-3-5-7-12;1-2/h3-5,7-8,11,13H,6,9-10H2,1-2H3;3-7,11,13H,8-10H2,1-2H3;1-2H3. The van der Waals surface area contributed by atoms with Crippen LogP contribution in [0.2, 0.25) is 0 Å². The summed E-state index contributed by atoms with van der Waals surface area (Å²) in [6.07, 6.45) is 3.99. The van der Waals surface area contributed by atoms with Crippen molar-refractivity contribution >= 4 is 0 Å². The molecule has 2 aromatic rings. The molecule has 4 rings (SSSR count). The molecule has 0 saturated carbocycles. The van der Waals surface area contributed by atoms with E-state index in [2.05, 4.69) is 98.2 Å². The van der Waals surface area contributed by atoms with Crippen molar-refractivity contribution in [2.45, 2.75) is 84.8 Å². The second-order valence-electron chi connectivity index (χ2n) is 8.89. The van der Waals surface area contributed by atoms with Crippen molar-refractivity contribution in [1.29, 1.82) is 0 Å². The fraction of sp³-hybridized carbons (Fsp3) is 0.571. The smallest absolute Gasteiger partial charge is 0.0351 e. The Kier molecular flexibility index (Phi) is 10.6. The van der Waals surface area contributed by atoms with E-state index < -0.39 is 0 Å². The summed E-state index contributed by atoms with van der Waals surface area (Å²) in [5, 5.41) is 0. The molecule has 2 nitrogen and oxygen atoms in total. The lowest BCUT2D eigenvalue weighted by Gasteiger charge is -2.28. The maximum atomic E-state index is 2.61. The molecule has 0 aromatic heterocycles. The first-order chi connectivity index (χ1) is 14.6. The van der Waals surface area contributed by atoms with E-state index >= 15 is 0 Å². The van der Waals surface area contributed by atoms with Gasteiger partial charge in [-0.25, -0.2) is 0 Å². The van der Waals surface area contributed by atoms with Crippen LogP contribution in [0.5, 0.6) is 0 Å². The highest BCUT2D eigenvalue weighted by Crippen LogP contribution is 2.33. The minimum absolute atomic E-state index is 0.663. The van der Waals surface area contributed by atoms with Crippen LogP contribution >= 0.6 is 0 Å². The van der Waals surface area contributed by atoms with Gasteiger partial charge in [0.1, 0.15) is 0 Å². The van der Waals surface area contributed by atoms with Gasteiger partial charge in [0, 0.05) is 24.7 Å². The van der Waals surface area contributed by atoms with E-state index in [1.807, 2.05) is 13.8 Å². The predicted octanol–water partition coefficient (Wildman–Crippen LogP) is 7.14. The van der Waals surface area contributed by atoms with Crippen LogP contribution in [-0.4, -0.2) is 41.5 Å². The minimum atomic E-state index is 0.663. The van der Waals surface area contributed by atoms with E-state index in [9.17, 15) is 0 Å². The fourth-order valence-corrected chi connectivity index (χ4v) is 4.69. The predicted molar refractivity (Wildman–Crippen MR) is 132 cm³/mol. The third-order valence-corrected chi connectivity index (χ3v) is 6.36. The lowest BCUT2D eigenvalue weighted by Crippen LogP contribution is -2.30. The summed E-state index contributed by atoms with van der Waals surface area (Å²) in [5.41, 5.74) is 2.99. The molecular weight excluding hydrogens is 364 g/mol. The van der Waals surface area contributed by atoms with E-state index in [1.54, 1.807) is 0 Å². The molecular formula is C28H44N2. The highest BCUT2D eigenvalue weighted by molar-refractivity contribution is 5.21. The van der Waals surface area contributed by atoms with Crippen LogP contribution in [0.3, 0.4) is 0 Å². The lowest BCUT2D eigenvalue weighted by atomic mass is 9.99. The number of rotatable bonds is 4. The van der Waals surface area contributed by atoms with Gasteiger partial charge in [-0.05, 0) is 77.1 Å². The van der Waals surface area contributed by atoms with E-state index in [0.717, 1.165) is 5.92 Å². The summed E-state index contributed by atoms with van der Waals surface area (Å²) in [6, 6.07) is 23.8. The highest BCUT2D eigenvalue weighted by atomic mass is 15.2. The van der Waals surface area contributed by atoms with Gasteiger partial charge in [-0.15, -0.1) is 0 Å². The zero-order valence-corrected chi connectivity index (χ0v) is 20.2. The molecule has 0 spiro atoms. The Morgan fingerprint density at radius 1 is 0.700 bits per heavy atom. The van der Waals surface area contributed by atoms with Crippen LogP contribution in [0.1, 0.15) is 83.9 Å². The van der Waals surface area contributed by atoms with Gasteiger partial charge in [-0.3, -0.25) is 4.90 Å². The normalized spacial score (nSPS) is 21.9. The Hall–Kier alpha value is -1.64. The van der Waals surface area contributed by atoms with Crippen molar-refractivity contribution in [2.75, 3.05) is 19.6 Å². The van der Waals surface area contributed by atoms with Crippen LogP contribution < -0.4 is 0 Å². The van der Waals surface area contributed by atoms with Crippen LogP contribution in [0, 0.1) is 0 Å². The molecule has 30 heavy (non-hydrogen) atoms. The second-order valence-corrected chi connectivity index (χ2v) is 8.89. The molecule has 0 bridgehead atoms.